The van der Waals surface area contributed by atoms with Gasteiger partial charge >= 0.3 is 5.97 Å². The zero-order chi connectivity index (χ0) is 25.0. The number of piperidine rings is 3. The van der Waals surface area contributed by atoms with Crippen LogP contribution in [0, 0.1) is 11.7 Å². The van der Waals surface area contributed by atoms with Gasteiger partial charge in [0.15, 0.2) is 6.10 Å². The highest BCUT2D eigenvalue weighted by atomic mass is 79.9. The van der Waals surface area contributed by atoms with Crippen molar-refractivity contribution in [2.75, 3.05) is 26.2 Å². The van der Waals surface area contributed by atoms with E-state index >= 15 is 0 Å². The molecule has 0 aromatic heterocycles. The Morgan fingerprint density at radius 1 is 0.919 bits per heavy atom. The smallest absolute Gasteiger partial charge is 0.328 e. The number of Topliss-reactive ketones (excluding diaryl/α,β-unsaturated/α-hetero) is 1. The van der Waals surface area contributed by atoms with Crippen LogP contribution in [0.4, 0.5) is 4.39 Å². The number of halogens is 2. The molecule has 3 fully saturated rings. The predicted octanol–water partition coefficient (Wildman–Crippen LogP) is 1.70. The summed E-state index contributed by atoms with van der Waals surface area (Å²) in [4.78, 5) is 26.5. The average Bonchev–Trinajstić information content (AvgIpc) is 2.91. The Hall–Kier alpha value is -2.87. The van der Waals surface area contributed by atoms with E-state index in [0.29, 0.717) is 30.0 Å². The van der Waals surface area contributed by atoms with Crippen LogP contribution >= 0.6 is 0 Å². The van der Waals surface area contributed by atoms with Crippen molar-refractivity contribution < 1.29 is 40.2 Å². The first-order valence-corrected chi connectivity index (χ1v) is 12.7. The number of carbonyl (C=O) groups excluding carboxylic acids is 2. The molecule has 7 heteroatoms. The summed E-state index contributed by atoms with van der Waals surface area (Å²) in [7, 11) is 0. The zero-order valence-corrected chi connectivity index (χ0v) is 22.3. The van der Waals surface area contributed by atoms with Crippen molar-refractivity contribution in [1.29, 1.82) is 0 Å². The molecule has 2 bridgehead atoms. The van der Waals surface area contributed by atoms with E-state index < -0.39 is 6.04 Å². The molecule has 3 heterocycles. The van der Waals surface area contributed by atoms with Crippen molar-refractivity contribution in [3.05, 3.63) is 107 Å². The van der Waals surface area contributed by atoms with Gasteiger partial charge in [-0.2, -0.15) is 0 Å². The van der Waals surface area contributed by atoms with Gasteiger partial charge in [0.2, 0.25) is 5.78 Å². The molecule has 0 radical (unpaired) electrons. The van der Waals surface area contributed by atoms with E-state index in [-0.39, 0.29) is 40.7 Å². The van der Waals surface area contributed by atoms with Gasteiger partial charge in [0.05, 0.1) is 13.1 Å². The first kappa shape index (κ1) is 27.2. The van der Waals surface area contributed by atoms with Gasteiger partial charge in [-0.3, -0.25) is 10.1 Å². The monoisotopic (exact) mass is 566 g/mol. The lowest BCUT2D eigenvalue weighted by atomic mass is 9.82. The maximum atomic E-state index is 13.5. The van der Waals surface area contributed by atoms with Gasteiger partial charge < -0.3 is 26.2 Å². The lowest BCUT2D eigenvalue weighted by molar-refractivity contribution is -0.938. The van der Waals surface area contributed by atoms with E-state index in [4.69, 9.17) is 4.74 Å². The molecular weight excluding hydrogens is 535 g/mol. The Labute approximate surface area is 228 Å². The Kier molecular flexibility index (Phi) is 8.90. The minimum Gasteiger partial charge on any atom is -1.00 e. The van der Waals surface area contributed by atoms with E-state index in [2.05, 4.69) is 5.32 Å². The largest absolute Gasteiger partial charge is 1.00 e. The Morgan fingerprint density at radius 2 is 1.54 bits per heavy atom. The van der Waals surface area contributed by atoms with Crippen molar-refractivity contribution >= 4 is 11.8 Å². The molecule has 3 aromatic carbocycles. The molecule has 3 aliphatic heterocycles. The third kappa shape index (κ3) is 6.53. The minimum absolute atomic E-state index is 0. The normalized spacial score (nSPS) is 23.1. The van der Waals surface area contributed by atoms with Crippen LogP contribution in [0.25, 0.3) is 0 Å². The molecule has 3 saturated heterocycles. The summed E-state index contributed by atoms with van der Waals surface area (Å²) < 4.78 is 20.2. The highest BCUT2D eigenvalue weighted by Crippen LogP contribution is 2.36. The summed E-state index contributed by atoms with van der Waals surface area (Å²) in [6.45, 7) is 3.42. The van der Waals surface area contributed by atoms with Gasteiger partial charge in [-0.15, -0.1) is 0 Å². The molecule has 1 unspecified atom stereocenters. The van der Waals surface area contributed by atoms with Gasteiger partial charge in [0.1, 0.15) is 24.9 Å². The summed E-state index contributed by atoms with van der Waals surface area (Å²) in [5.74, 6) is -0.129. The fraction of sp³-hybridized carbons (Fsp3) is 0.333. The van der Waals surface area contributed by atoms with Crippen molar-refractivity contribution in [3.63, 3.8) is 0 Å². The number of hydrogen-bond donors (Lipinski definition) is 1. The van der Waals surface area contributed by atoms with Crippen LogP contribution in [0.15, 0.2) is 84.9 Å². The summed E-state index contributed by atoms with van der Waals surface area (Å²) in [6, 6.07) is 24.6. The number of rotatable bonds is 9. The van der Waals surface area contributed by atoms with E-state index in [1.54, 1.807) is 12.1 Å². The topological polar surface area (TPSA) is 55.4 Å². The molecule has 0 aliphatic carbocycles. The number of ketones is 1. The zero-order valence-electron chi connectivity index (χ0n) is 20.7. The van der Waals surface area contributed by atoms with Crippen molar-refractivity contribution in [2.45, 2.75) is 31.5 Å². The Balaban J connectivity index is 0.00000320. The molecule has 2 atom stereocenters. The van der Waals surface area contributed by atoms with Crippen molar-refractivity contribution in [1.82, 2.24) is 5.32 Å². The number of benzene rings is 3. The highest BCUT2D eigenvalue weighted by molar-refractivity contribution is 5.97. The Bertz CT molecular complexity index is 1180. The number of ether oxygens (including phenoxy) is 1. The fourth-order valence-corrected chi connectivity index (χ4v) is 5.62. The van der Waals surface area contributed by atoms with E-state index in [0.717, 1.165) is 42.6 Å². The number of nitrogens with one attached hydrogen (secondary N) is 1. The molecular formula is C30H32BrFN2O3. The quantitative estimate of drug-likeness (QED) is 0.243. The van der Waals surface area contributed by atoms with Crippen LogP contribution in [-0.2, 0) is 16.1 Å². The molecule has 194 valence electrons. The maximum absolute atomic E-state index is 13.5. The standard InChI is InChI=1S/C30H32FN2O3.BrH/c31-26-13-11-22(12-14-26)19-32-29(25-9-5-2-6-10-25)30(35)36-28-21-33(17-15-24(28)16-18-33)20-27(34)23-7-3-1-4-8-23;/h1-14,24,28-29,32H,15-21H2;1H/q+1;/p-1/t24?,28-,29?,33?;/m0./s1. The van der Waals surface area contributed by atoms with Crippen molar-refractivity contribution in [2.24, 2.45) is 5.92 Å². The summed E-state index contributed by atoms with van der Waals surface area (Å²) in [5, 5.41) is 3.31. The van der Waals surface area contributed by atoms with E-state index in [1.165, 1.54) is 12.1 Å². The second-order valence-electron chi connectivity index (χ2n) is 10.1. The summed E-state index contributed by atoms with van der Waals surface area (Å²) in [6.07, 6.45) is 1.71. The van der Waals surface area contributed by atoms with Gasteiger partial charge in [-0.1, -0.05) is 72.8 Å². The summed E-state index contributed by atoms with van der Waals surface area (Å²) in [5.41, 5.74) is 2.45. The molecule has 3 aliphatic rings. The van der Waals surface area contributed by atoms with E-state index in [9.17, 15) is 14.0 Å². The maximum Gasteiger partial charge on any atom is 0.328 e. The second kappa shape index (κ2) is 12.1. The van der Waals surface area contributed by atoms with Crippen molar-refractivity contribution in [3.8, 4) is 0 Å². The number of esters is 1. The van der Waals surface area contributed by atoms with Crippen LogP contribution in [0.2, 0.25) is 0 Å². The number of hydrogen-bond acceptors (Lipinski definition) is 4. The van der Waals surface area contributed by atoms with Crippen LogP contribution in [0.5, 0.6) is 0 Å². The SMILES string of the molecule is O=C(C[N+]12CCC(CC1)[C@@H](OC(=O)C(NCc1ccc(F)cc1)c1ccccc1)C2)c1ccccc1.[Br-]. The lowest BCUT2D eigenvalue weighted by Gasteiger charge is -2.51. The average molecular weight is 567 g/mol. The number of fused-ring (bicyclic) bond motifs is 3. The lowest BCUT2D eigenvalue weighted by Crippen LogP contribution is -3.00. The van der Waals surface area contributed by atoms with E-state index in [1.807, 2.05) is 60.7 Å². The third-order valence-corrected chi connectivity index (χ3v) is 7.68. The number of nitrogens with zero attached hydrogens (tertiary/aromatic N) is 1. The minimum atomic E-state index is -0.633. The van der Waals surface area contributed by atoms with Gasteiger partial charge in [-0.25, -0.2) is 9.18 Å². The fourth-order valence-electron chi connectivity index (χ4n) is 5.62. The molecule has 37 heavy (non-hydrogen) atoms. The van der Waals surface area contributed by atoms with Crippen LogP contribution in [0.3, 0.4) is 0 Å². The van der Waals surface area contributed by atoms with Crippen LogP contribution in [0.1, 0.15) is 40.4 Å². The first-order valence-electron chi connectivity index (χ1n) is 12.7. The Morgan fingerprint density at radius 3 is 2.19 bits per heavy atom. The highest BCUT2D eigenvalue weighted by Gasteiger charge is 2.49. The first-order chi connectivity index (χ1) is 17.5. The molecule has 0 amide bonds. The molecule has 6 rings (SSSR count). The summed E-state index contributed by atoms with van der Waals surface area (Å²) >= 11 is 0. The molecule has 0 spiro atoms. The van der Waals surface area contributed by atoms with Gasteiger partial charge in [0.25, 0.3) is 0 Å². The molecule has 0 saturated carbocycles. The third-order valence-electron chi connectivity index (χ3n) is 7.68. The van der Waals surface area contributed by atoms with Crippen LogP contribution in [-0.4, -0.2) is 48.5 Å². The molecule has 3 aromatic rings. The molecule has 1 N–H and O–H groups in total. The molecule has 5 nitrogen and oxygen atoms in total. The van der Waals surface area contributed by atoms with Gasteiger partial charge in [0, 0.05) is 30.9 Å². The number of carbonyl (C=O) groups is 2. The second-order valence-corrected chi connectivity index (χ2v) is 10.1. The van der Waals surface area contributed by atoms with Crippen LogP contribution < -0.4 is 22.3 Å². The number of quaternary nitrogens is 1. The van der Waals surface area contributed by atoms with Gasteiger partial charge in [-0.05, 0) is 23.3 Å². The predicted molar refractivity (Wildman–Crippen MR) is 136 cm³/mol.